The molecular formula is C18H25NO5. The lowest BCUT2D eigenvalue weighted by Crippen LogP contribution is -2.45. The average Bonchev–Trinajstić information content (AvgIpc) is 2.89. The van der Waals surface area contributed by atoms with E-state index in [2.05, 4.69) is 0 Å². The van der Waals surface area contributed by atoms with Gasteiger partial charge in [0.2, 0.25) is 0 Å². The molecule has 1 fully saturated rings. The number of likely N-dealkylation sites (tertiary alicyclic amines) is 1. The second kappa shape index (κ2) is 7.11. The Morgan fingerprint density at radius 2 is 2.04 bits per heavy atom. The van der Waals surface area contributed by atoms with E-state index in [1.165, 1.54) is 4.90 Å². The zero-order chi connectivity index (χ0) is 17.9. The Balaban J connectivity index is 2.13. The van der Waals surface area contributed by atoms with Crippen molar-refractivity contribution in [1.29, 1.82) is 0 Å². The molecule has 6 heteroatoms. The van der Waals surface area contributed by atoms with Gasteiger partial charge in [0, 0.05) is 6.54 Å². The van der Waals surface area contributed by atoms with Crippen LogP contribution < -0.4 is 4.74 Å². The number of nitrogens with zero attached hydrogens (tertiary/aromatic N) is 1. The van der Waals surface area contributed by atoms with Gasteiger partial charge >= 0.3 is 12.1 Å². The Kier molecular flexibility index (Phi) is 5.36. The van der Waals surface area contributed by atoms with E-state index in [0.717, 1.165) is 11.3 Å². The maximum atomic E-state index is 12.3. The molecule has 2 rings (SSSR count). The smallest absolute Gasteiger partial charge is 0.411 e. The van der Waals surface area contributed by atoms with Crippen LogP contribution in [0.5, 0.6) is 5.75 Å². The van der Waals surface area contributed by atoms with Crippen LogP contribution in [0, 0.1) is 5.92 Å². The Morgan fingerprint density at radius 1 is 1.33 bits per heavy atom. The SMILES string of the molecule is COc1cccc(C[C@@H]2CCN(C(=O)OC(C)(C)C)[C@@H]2C(=O)O)c1. The van der Waals surface area contributed by atoms with Gasteiger partial charge in [-0.15, -0.1) is 0 Å². The highest BCUT2D eigenvalue weighted by molar-refractivity contribution is 5.81. The third-order valence-electron chi connectivity index (χ3n) is 4.04. The summed E-state index contributed by atoms with van der Waals surface area (Å²) in [4.78, 5) is 25.4. The second-order valence-electron chi connectivity index (χ2n) is 7.06. The minimum Gasteiger partial charge on any atom is -0.497 e. The largest absolute Gasteiger partial charge is 0.497 e. The van der Waals surface area contributed by atoms with Crippen LogP contribution in [-0.4, -0.2) is 47.4 Å². The van der Waals surface area contributed by atoms with Crippen LogP contribution in [0.15, 0.2) is 24.3 Å². The normalized spacial score (nSPS) is 20.8. The molecule has 0 bridgehead atoms. The number of rotatable bonds is 4. The van der Waals surface area contributed by atoms with Gasteiger partial charge in [0.15, 0.2) is 0 Å². The lowest BCUT2D eigenvalue weighted by molar-refractivity contribution is -0.143. The van der Waals surface area contributed by atoms with E-state index in [4.69, 9.17) is 9.47 Å². The third-order valence-corrected chi connectivity index (χ3v) is 4.04. The summed E-state index contributed by atoms with van der Waals surface area (Å²) in [5.41, 5.74) is 0.349. The Labute approximate surface area is 142 Å². The molecule has 0 aliphatic carbocycles. The van der Waals surface area contributed by atoms with Crippen LogP contribution in [0.4, 0.5) is 4.79 Å². The van der Waals surface area contributed by atoms with Crippen LogP contribution in [0.3, 0.4) is 0 Å². The van der Waals surface area contributed by atoms with Crippen molar-refractivity contribution in [3.05, 3.63) is 29.8 Å². The number of aliphatic carboxylic acids is 1. The van der Waals surface area contributed by atoms with Gasteiger partial charge in [-0.3, -0.25) is 4.90 Å². The van der Waals surface area contributed by atoms with Crippen LogP contribution in [0.2, 0.25) is 0 Å². The molecule has 1 aromatic rings. The molecule has 0 aromatic heterocycles. The summed E-state index contributed by atoms with van der Waals surface area (Å²) in [6.07, 6.45) is 0.643. The lowest BCUT2D eigenvalue weighted by Gasteiger charge is -2.28. The number of hydrogen-bond donors (Lipinski definition) is 1. The third kappa shape index (κ3) is 4.40. The molecular weight excluding hydrogens is 310 g/mol. The topological polar surface area (TPSA) is 76.1 Å². The van der Waals surface area contributed by atoms with Crippen LogP contribution >= 0.6 is 0 Å². The standard InChI is InChI=1S/C18H25NO5/c1-18(2,3)24-17(22)19-9-8-13(15(19)16(20)21)10-12-6-5-7-14(11-12)23-4/h5-7,11,13,15H,8-10H2,1-4H3,(H,20,21)/t13-,15-/m0/s1. The molecule has 24 heavy (non-hydrogen) atoms. The van der Waals surface area contributed by atoms with Gasteiger partial charge in [-0.25, -0.2) is 9.59 Å². The quantitative estimate of drug-likeness (QED) is 0.915. The van der Waals surface area contributed by atoms with Crippen LogP contribution in [0.1, 0.15) is 32.8 Å². The molecule has 0 saturated carbocycles. The van der Waals surface area contributed by atoms with Crippen LogP contribution in [-0.2, 0) is 16.0 Å². The molecule has 1 aliphatic heterocycles. The Morgan fingerprint density at radius 3 is 2.62 bits per heavy atom. The fourth-order valence-electron chi connectivity index (χ4n) is 3.03. The van der Waals surface area contributed by atoms with Crippen molar-refractivity contribution in [3.8, 4) is 5.75 Å². The predicted octanol–water partition coefficient (Wildman–Crippen LogP) is 2.95. The maximum Gasteiger partial charge on any atom is 0.411 e. The lowest BCUT2D eigenvalue weighted by atomic mass is 9.92. The van der Waals surface area contributed by atoms with E-state index in [-0.39, 0.29) is 5.92 Å². The van der Waals surface area contributed by atoms with Gasteiger partial charge in [0.1, 0.15) is 17.4 Å². The van der Waals surface area contributed by atoms with E-state index in [0.29, 0.717) is 19.4 Å². The molecule has 2 atom stereocenters. The van der Waals surface area contributed by atoms with Gasteiger partial charge in [-0.05, 0) is 57.2 Å². The summed E-state index contributed by atoms with van der Waals surface area (Å²) >= 11 is 0. The summed E-state index contributed by atoms with van der Waals surface area (Å²) in [6, 6.07) is 6.70. The average molecular weight is 335 g/mol. The number of amides is 1. The molecule has 1 aliphatic rings. The van der Waals surface area contributed by atoms with E-state index in [1.807, 2.05) is 24.3 Å². The molecule has 1 amide bonds. The molecule has 6 nitrogen and oxygen atoms in total. The minimum absolute atomic E-state index is 0.151. The number of carbonyl (C=O) groups excluding carboxylic acids is 1. The molecule has 1 saturated heterocycles. The number of hydrogen-bond acceptors (Lipinski definition) is 4. The first kappa shape index (κ1) is 18.1. The Bertz CT molecular complexity index is 608. The number of ether oxygens (including phenoxy) is 2. The summed E-state index contributed by atoms with van der Waals surface area (Å²) < 4.78 is 10.5. The summed E-state index contributed by atoms with van der Waals surface area (Å²) in [7, 11) is 1.60. The van der Waals surface area contributed by atoms with Crippen molar-refractivity contribution >= 4 is 12.1 Å². The van der Waals surface area contributed by atoms with E-state index < -0.39 is 23.7 Å². The Hall–Kier alpha value is -2.24. The highest BCUT2D eigenvalue weighted by Gasteiger charge is 2.43. The molecule has 1 N–H and O–H groups in total. The van der Waals surface area contributed by atoms with Crippen molar-refractivity contribution < 1.29 is 24.2 Å². The predicted molar refractivity (Wildman–Crippen MR) is 89.2 cm³/mol. The number of methoxy groups -OCH3 is 1. The first-order chi connectivity index (χ1) is 11.2. The fourth-order valence-corrected chi connectivity index (χ4v) is 3.03. The molecule has 132 valence electrons. The highest BCUT2D eigenvalue weighted by Crippen LogP contribution is 2.30. The first-order valence-electron chi connectivity index (χ1n) is 8.06. The monoisotopic (exact) mass is 335 g/mol. The van der Waals surface area contributed by atoms with Gasteiger partial charge in [-0.2, -0.15) is 0 Å². The zero-order valence-corrected chi connectivity index (χ0v) is 14.6. The number of benzene rings is 1. The van der Waals surface area contributed by atoms with Crippen molar-refractivity contribution in [2.45, 2.75) is 45.3 Å². The second-order valence-corrected chi connectivity index (χ2v) is 7.06. The van der Waals surface area contributed by atoms with Gasteiger partial charge in [-0.1, -0.05) is 12.1 Å². The molecule has 0 radical (unpaired) electrons. The summed E-state index contributed by atoms with van der Waals surface area (Å²) in [5.74, 6) is -0.408. The van der Waals surface area contributed by atoms with Crippen molar-refractivity contribution in [1.82, 2.24) is 4.90 Å². The van der Waals surface area contributed by atoms with Gasteiger partial charge in [0.25, 0.3) is 0 Å². The van der Waals surface area contributed by atoms with Crippen LogP contribution in [0.25, 0.3) is 0 Å². The fraction of sp³-hybridized carbons (Fsp3) is 0.556. The van der Waals surface area contributed by atoms with E-state index in [9.17, 15) is 14.7 Å². The van der Waals surface area contributed by atoms with Gasteiger partial charge in [0.05, 0.1) is 7.11 Å². The highest BCUT2D eigenvalue weighted by atomic mass is 16.6. The molecule has 0 spiro atoms. The number of carboxylic acids is 1. The van der Waals surface area contributed by atoms with Crippen molar-refractivity contribution in [2.75, 3.05) is 13.7 Å². The summed E-state index contributed by atoms with van der Waals surface area (Å²) in [5, 5.41) is 9.61. The van der Waals surface area contributed by atoms with Crippen molar-refractivity contribution in [3.63, 3.8) is 0 Å². The number of carboxylic acid groups (broad SMARTS) is 1. The first-order valence-corrected chi connectivity index (χ1v) is 8.06. The zero-order valence-electron chi connectivity index (χ0n) is 14.6. The molecule has 0 unspecified atom stereocenters. The van der Waals surface area contributed by atoms with Crippen molar-refractivity contribution in [2.24, 2.45) is 5.92 Å². The maximum absolute atomic E-state index is 12.3. The minimum atomic E-state index is -0.994. The molecule has 1 heterocycles. The molecule has 1 aromatic carbocycles. The number of carbonyl (C=O) groups is 2. The summed E-state index contributed by atoms with van der Waals surface area (Å²) in [6.45, 7) is 5.69. The van der Waals surface area contributed by atoms with E-state index >= 15 is 0 Å². The van der Waals surface area contributed by atoms with E-state index in [1.54, 1.807) is 27.9 Å². The van der Waals surface area contributed by atoms with Gasteiger partial charge < -0.3 is 14.6 Å².